The smallest absolute Gasteiger partial charge is 0.143 e. The maximum absolute atomic E-state index is 6.75. The number of benzene rings is 8. The van der Waals surface area contributed by atoms with Crippen molar-refractivity contribution in [3.05, 3.63) is 180 Å². The van der Waals surface area contributed by atoms with Crippen molar-refractivity contribution in [3.63, 3.8) is 0 Å². The van der Waals surface area contributed by atoms with Crippen LogP contribution in [0.3, 0.4) is 0 Å². The Bertz CT molecular complexity index is 2630. The number of hydrogen-bond donors (Lipinski definition) is 0. The minimum absolute atomic E-state index is 0.374. The van der Waals surface area contributed by atoms with Crippen molar-refractivity contribution in [3.8, 4) is 56.0 Å². The van der Waals surface area contributed by atoms with Crippen molar-refractivity contribution < 1.29 is 4.74 Å². The molecule has 46 heavy (non-hydrogen) atoms. The monoisotopic (exact) mass is 582 g/mol. The molecule has 1 heterocycles. The minimum Gasteiger partial charge on any atom is -0.455 e. The van der Waals surface area contributed by atoms with E-state index in [2.05, 4.69) is 158 Å². The molecule has 1 atom stereocenters. The fraction of sp³-hybridized carbons (Fsp3) is 0.0222. The molecule has 1 nitrogen and oxygen atoms in total. The van der Waals surface area contributed by atoms with E-state index in [1.54, 1.807) is 0 Å². The molecule has 8 aromatic rings. The first-order chi connectivity index (χ1) is 22.8. The fourth-order valence-electron chi connectivity index (χ4n) is 8.79. The van der Waals surface area contributed by atoms with E-state index in [1.165, 1.54) is 77.2 Å². The van der Waals surface area contributed by atoms with Crippen LogP contribution in [0.25, 0.3) is 66.1 Å². The summed E-state index contributed by atoms with van der Waals surface area (Å²) in [5, 5.41) is 4.94. The van der Waals surface area contributed by atoms with Crippen molar-refractivity contribution in [2.45, 2.75) is 5.41 Å². The van der Waals surface area contributed by atoms with Gasteiger partial charge in [-0.3, -0.25) is 0 Å². The summed E-state index contributed by atoms with van der Waals surface area (Å²) in [6.07, 6.45) is 0. The van der Waals surface area contributed by atoms with Crippen LogP contribution in [0, 0.1) is 0 Å². The maximum atomic E-state index is 6.75. The second-order valence-electron chi connectivity index (χ2n) is 12.8. The number of para-hydroxylation sites is 1. The third-order valence-corrected chi connectivity index (χ3v) is 10.7. The standard InChI is InChI=1S/C45H26O/c1-2-11-29-26-41-37(24-28(29)10-1)33-14-4-7-18-39(33)45(41)38-17-6-3-13-32(38)36-25-30(21-23-40(36)45)31-22-20-27-12-9-16-35-34-15-5-8-19-42(34)46-44(31)43(27)35/h1-26H. The van der Waals surface area contributed by atoms with Crippen molar-refractivity contribution in [2.75, 3.05) is 0 Å². The molecular weight excluding hydrogens is 556 g/mol. The lowest BCUT2D eigenvalue weighted by Gasteiger charge is -2.30. The Morgan fingerprint density at radius 3 is 1.76 bits per heavy atom. The molecule has 3 aliphatic rings. The van der Waals surface area contributed by atoms with Crippen LogP contribution in [-0.4, -0.2) is 0 Å². The first-order valence-corrected chi connectivity index (χ1v) is 16.0. The van der Waals surface area contributed by atoms with E-state index < -0.39 is 0 Å². The molecule has 0 aromatic heterocycles. The molecule has 0 saturated heterocycles. The summed E-state index contributed by atoms with van der Waals surface area (Å²) in [5.74, 6) is 1.85. The van der Waals surface area contributed by atoms with Gasteiger partial charge in [0, 0.05) is 16.5 Å². The van der Waals surface area contributed by atoms with Crippen molar-refractivity contribution >= 4 is 21.5 Å². The van der Waals surface area contributed by atoms with Gasteiger partial charge in [0.05, 0.1) is 5.41 Å². The lowest BCUT2D eigenvalue weighted by molar-refractivity contribution is 0.489. The van der Waals surface area contributed by atoms with E-state index in [-0.39, 0.29) is 5.41 Å². The van der Waals surface area contributed by atoms with Crippen molar-refractivity contribution in [1.82, 2.24) is 0 Å². The fourth-order valence-corrected chi connectivity index (χ4v) is 8.79. The van der Waals surface area contributed by atoms with Crippen molar-refractivity contribution in [1.29, 1.82) is 0 Å². The van der Waals surface area contributed by atoms with Gasteiger partial charge in [-0.15, -0.1) is 0 Å². The molecule has 1 unspecified atom stereocenters. The average Bonchev–Trinajstić information content (AvgIpc) is 3.57. The first kappa shape index (κ1) is 24.4. The van der Waals surface area contributed by atoms with Crippen molar-refractivity contribution in [2.24, 2.45) is 0 Å². The van der Waals surface area contributed by atoms with E-state index in [4.69, 9.17) is 4.74 Å². The van der Waals surface area contributed by atoms with Crippen LogP contribution in [-0.2, 0) is 5.41 Å². The highest BCUT2D eigenvalue weighted by molar-refractivity contribution is 6.08. The molecule has 8 aromatic carbocycles. The van der Waals surface area contributed by atoms with E-state index >= 15 is 0 Å². The second-order valence-corrected chi connectivity index (χ2v) is 12.8. The summed E-state index contributed by atoms with van der Waals surface area (Å²) in [6.45, 7) is 0. The quantitative estimate of drug-likeness (QED) is 0.187. The zero-order chi connectivity index (χ0) is 30.0. The Kier molecular flexibility index (Phi) is 4.57. The Labute approximate surface area is 267 Å². The molecule has 0 amide bonds. The number of hydrogen-bond acceptors (Lipinski definition) is 1. The molecule has 2 aliphatic carbocycles. The zero-order valence-corrected chi connectivity index (χ0v) is 24.9. The molecule has 0 bridgehead atoms. The summed E-state index contributed by atoms with van der Waals surface area (Å²) in [7, 11) is 0. The van der Waals surface area contributed by atoms with Crippen LogP contribution in [0.5, 0.6) is 11.5 Å². The molecule has 0 fully saturated rings. The molecule has 0 saturated carbocycles. The molecule has 1 aliphatic heterocycles. The Morgan fingerprint density at radius 2 is 0.957 bits per heavy atom. The van der Waals surface area contributed by atoms with Crippen LogP contribution in [0.15, 0.2) is 158 Å². The van der Waals surface area contributed by atoms with Gasteiger partial charge in [-0.1, -0.05) is 127 Å². The van der Waals surface area contributed by atoms with Gasteiger partial charge >= 0.3 is 0 Å². The number of rotatable bonds is 1. The molecular formula is C45H26O. The highest BCUT2D eigenvalue weighted by Crippen LogP contribution is 2.63. The van der Waals surface area contributed by atoms with Gasteiger partial charge < -0.3 is 4.74 Å². The average molecular weight is 583 g/mol. The van der Waals surface area contributed by atoms with Gasteiger partial charge in [-0.05, 0) is 102 Å². The molecule has 11 rings (SSSR count). The van der Waals surface area contributed by atoms with Gasteiger partial charge in [-0.25, -0.2) is 0 Å². The largest absolute Gasteiger partial charge is 0.455 e. The lowest BCUT2D eigenvalue weighted by Crippen LogP contribution is -2.25. The van der Waals surface area contributed by atoms with Crippen LogP contribution >= 0.6 is 0 Å². The van der Waals surface area contributed by atoms with E-state index in [9.17, 15) is 0 Å². The van der Waals surface area contributed by atoms with Gasteiger partial charge in [0.25, 0.3) is 0 Å². The molecule has 0 radical (unpaired) electrons. The third kappa shape index (κ3) is 2.91. The Hall–Kier alpha value is -5.92. The maximum Gasteiger partial charge on any atom is 0.143 e. The number of ether oxygens (including phenoxy) is 1. The van der Waals surface area contributed by atoms with E-state index in [0.717, 1.165) is 22.6 Å². The van der Waals surface area contributed by atoms with Crippen LogP contribution < -0.4 is 4.74 Å². The van der Waals surface area contributed by atoms with Crippen LogP contribution in [0.2, 0.25) is 0 Å². The summed E-state index contributed by atoms with van der Waals surface area (Å²) >= 11 is 0. The number of fused-ring (bicyclic) bond motifs is 13. The topological polar surface area (TPSA) is 9.23 Å². The second kappa shape index (κ2) is 8.62. The van der Waals surface area contributed by atoms with E-state index in [0.29, 0.717) is 0 Å². The summed E-state index contributed by atoms with van der Waals surface area (Å²) in [5.41, 5.74) is 15.0. The summed E-state index contributed by atoms with van der Waals surface area (Å²) in [6, 6.07) is 58.2. The predicted molar refractivity (Wildman–Crippen MR) is 189 cm³/mol. The Morgan fingerprint density at radius 1 is 0.348 bits per heavy atom. The van der Waals surface area contributed by atoms with Gasteiger partial charge in [0.2, 0.25) is 0 Å². The van der Waals surface area contributed by atoms with E-state index in [1.807, 2.05) is 0 Å². The molecule has 1 spiro atoms. The SMILES string of the molecule is c1ccc2c(c1)Oc1c(-c3ccc4c(c3)-c3ccccc3C43c4ccccc4-c4cc5ccccc5cc43)ccc3cccc-2c13. The normalized spacial score (nSPS) is 16.1. The first-order valence-electron chi connectivity index (χ1n) is 16.0. The Balaban J connectivity index is 1.20. The van der Waals surface area contributed by atoms with Gasteiger partial charge in [-0.2, -0.15) is 0 Å². The van der Waals surface area contributed by atoms with Crippen LogP contribution in [0.4, 0.5) is 0 Å². The molecule has 1 heteroatoms. The third-order valence-electron chi connectivity index (χ3n) is 10.7. The lowest BCUT2D eigenvalue weighted by atomic mass is 9.70. The van der Waals surface area contributed by atoms with Gasteiger partial charge in [0.15, 0.2) is 0 Å². The zero-order valence-electron chi connectivity index (χ0n) is 24.9. The highest BCUT2D eigenvalue weighted by atomic mass is 16.5. The summed E-state index contributed by atoms with van der Waals surface area (Å²) < 4.78 is 6.75. The highest BCUT2D eigenvalue weighted by Gasteiger charge is 2.51. The minimum atomic E-state index is -0.374. The van der Waals surface area contributed by atoms with Crippen LogP contribution in [0.1, 0.15) is 22.3 Å². The van der Waals surface area contributed by atoms with Gasteiger partial charge in [0.1, 0.15) is 11.5 Å². The summed E-state index contributed by atoms with van der Waals surface area (Å²) in [4.78, 5) is 0. The molecule has 0 N–H and O–H groups in total. The predicted octanol–water partition coefficient (Wildman–Crippen LogP) is 11.8. The molecule has 212 valence electrons.